The van der Waals surface area contributed by atoms with E-state index >= 15 is 0 Å². The van der Waals surface area contributed by atoms with Crippen molar-refractivity contribution in [2.75, 3.05) is 0 Å². The predicted molar refractivity (Wildman–Crippen MR) is 70.8 cm³/mol. The zero-order valence-corrected chi connectivity index (χ0v) is 12.3. The van der Waals surface area contributed by atoms with Crippen LogP contribution in [-0.4, -0.2) is 16.7 Å². The first-order valence-electron chi connectivity index (χ1n) is 6.51. The molecular formula is C15H17F3O3. The van der Waals surface area contributed by atoms with Gasteiger partial charge in [-0.05, 0) is 37.8 Å². The highest BCUT2D eigenvalue weighted by Crippen LogP contribution is 2.50. The highest BCUT2D eigenvalue weighted by molar-refractivity contribution is 5.88. The number of hydrogen-bond donors (Lipinski definition) is 1. The minimum atomic E-state index is -4.67. The van der Waals surface area contributed by atoms with Gasteiger partial charge in [0.05, 0.1) is 11.1 Å². The number of fused-ring (bicyclic) bond motifs is 1. The topological polar surface area (TPSA) is 46.5 Å². The SMILES string of the molecule is CC1(C)CC(C)(C)c2cc(C(=O)O)cc(C(F)(F)F)c2O1. The molecule has 21 heavy (non-hydrogen) atoms. The van der Waals surface area contributed by atoms with Crippen molar-refractivity contribution < 1.29 is 27.8 Å². The fourth-order valence-electron chi connectivity index (χ4n) is 3.05. The van der Waals surface area contributed by atoms with Crippen LogP contribution >= 0.6 is 0 Å². The summed E-state index contributed by atoms with van der Waals surface area (Å²) in [5.74, 6) is -1.64. The predicted octanol–water partition coefficient (Wildman–Crippen LogP) is 4.24. The molecule has 0 saturated carbocycles. The molecule has 0 saturated heterocycles. The minimum absolute atomic E-state index is 0.256. The molecule has 3 nitrogen and oxygen atoms in total. The van der Waals surface area contributed by atoms with Gasteiger partial charge in [0.15, 0.2) is 0 Å². The van der Waals surface area contributed by atoms with Gasteiger partial charge in [-0.3, -0.25) is 0 Å². The van der Waals surface area contributed by atoms with Gasteiger partial charge in [0.1, 0.15) is 11.4 Å². The Labute approximate surface area is 120 Å². The van der Waals surface area contributed by atoms with E-state index in [0.29, 0.717) is 12.5 Å². The number of aromatic carboxylic acids is 1. The van der Waals surface area contributed by atoms with E-state index in [1.807, 2.05) is 0 Å². The van der Waals surface area contributed by atoms with Crippen LogP contribution in [0.4, 0.5) is 13.2 Å². The van der Waals surface area contributed by atoms with Crippen LogP contribution in [0.5, 0.6) is 5.75 Å². The summed E-state index contributed by atoms with van der Waals surface area (Å²) in [6.45, 7) is 7.04. The summed E-state index contributed by atoms with van der Waals surface area (Å²) < 4.78 is 45.3. The van der Waals surface area contributed by atoms with Gasteiger partial charge < -0.3 is 9.84 Å². The normalized spacial score (nSPS) is 19.6. The Bertz CT molecular complexity index is 584. The van der Waals surface area contributed by atoms with Crippen LogP contribution in [-0.2, 0) is 11.6 Å². The van der Waals surface area contributed by atoms with Crippen LogP contribution in [0.15, 0.2) is 12.1 Å². The molecule has 1 aliphatic rings. The van der Waals surface area contributed by atoms with Gasteiger partial charge in [0, 0.05) is 5.56 Å². The maximum absolute atomic E-state index is 13.2. The average Bonchev–Trinajstić information content (AvgIpc) is 2.23. The molecule has 0 atom stereocenters. The molecule has 1 aromatic rings. The number of alkyl halides is 3. The maximum atomic E-state index is 13.2. The number of hydrogen-bond acceptors (Lipinski definition) is 2. The van der Waals surface area contributed by atoms with E-state index in [1.165, 1.54) is 6.07 Å². The first kappa shape index (κ1) is 15.7. The lowest BCUT2D eigenvalue weighted by Gasteiger charge is -2.43. The van der Waals surface area contributed by atoms with E-state index in [0.717, 1.165) is 0 Å². The number of benzene rings is 1. The lowest BCUT2D eigenvalue weighted by molar-refractivity contribution is -0.140. The molecule has 1 aliphatic heterocycles. The molecule has 1 heterocycles. The molecule has 0 unspecified atom stereocenters. The lowest BCUT2D eigenvalue weighted by Crippen LogP contribution is -2.42. The van der Waals surface area contributed by atoms with Crippen LogP contribution < -0.4 is 4.74 Å². The first-order valence-corrected chi connectivity index (χ1v) is 6.51. The fourth-order valence-corrected chi connectivity index (χ4v) is 3.05. The molecule has 1 aromatic carbocycles. The highest BCUT2D eigenvalue weighted by Gasteiger charge is 2.45. The van der Waals surface area contributed by atoms with E-state index in [2.05, 4.69) is 0 Å². The largest absolute Gasteiger partial charge is 0.487 e. The molecule has 1 N–H and O–H groups in total. The maximum Gasteiger partial charge on any atom is 0.419 e. The molecular weight excluding hydrogens is 285 g/mol. The summed E-state index contributed by atoms with van der Waals surface area (Å²) >= 11 is 0. The van der Waals surface area contributed by atoms with Gasteiger partial charge >= 0.3 is 12.1 Å². The third-order valence-electron chi connectivity index (χ3n) is 3.62. The smallest absolute Gasteiger partial charge is 0.419 e. The summed E-state index contributed by atoms with van der Waals surface area (Å²) in [5.41, 5.74) is -2.48. The zero-order valence-electron chi connectivity index (χ0n) is 12.3. The molecule has 2 rings (SSSR count). The summed E-state index contributed by atoms with van der Waals surface area (Å²) in [5, 5.41) is 9.04. The Morgan fingerprint density at radius 2 is 1.81 bits per heavy atom. The molecule has 6 heteroatoms. The van der Waals surface area contributed by atoms with E-state index in [1.54, 1.807) is 27.7 Å². The van der Waals surface area contributed by atoms with Crippen LogP contribution in [0.2, 0.25) is 0 Å². The molecule has 0 aliphatic carbocycles. The van der Waals surface area contributed by atoms with Gasteiger partial charge in [0.25, 0.3) is 0 Å². The van der Waals surface area contributed by atoms with Crippen molar-refractivity contribution in [2.24, 2.45) is 0 Å². The second kappa shape index (κ2) is 4.39. The number of carboxylic acids is 1. The Kier molecular flexibility index (Phi) is 3.27. The van der Waals surface area contributed by atoms with Gasteiger partial charge in [-0.15, -0.1) is 0 Å². The second-order valence-electron chi connectivity index (χ2n) is 6.63. The van der Waals surface area contributed by atoms with Gasteiger partial charge in [-0.25, -0.2) is 4.79 Å². The third-order valence-corrected chi connectivity index (χ3v) is 3.62. The van der Waals surface area contributed by atoms with E-state index in [4.69, 9.17) is 9.84 Å². The standard InChI is InChI=1S/C15H17F3O3/c1-13(2)7-14(3,4)21-11-9(13)5-8(12(19)20)6-10(11)15(16,17)18/h5-6H,7H2,1-4H3,(H,19,20). The number of carbonyl (C=O) groups is 1. The number of rotatable bonds is 1. The summed E-state index contributed by atoms with van der Waals surface area (Å²) in [6, 6.07) is 1.92. The quantitative estimate of drug-likeness (QED) is 0.844. The molecule has 0 aromatic heterocycles. The van der Waals surface area contributed by atoms with E-state index < -0.39 is 28.7 Å². The summed E-state index contributed by atoms with van der Waals surface area (Å²) in [6.07, 6.45) is -4.17. The summed E-state index contributed by atoms with van der Waals surface area (Å²) in [4.78, 5) is 11.1. The molecule has 0 fully saturated rings. The van der Waals surface area contributed by atoms with Gasteiger partial charge in [-0.2, -0.15) is 13.2 Å². The van der Waals surface area contributed by atoms with Gasteiger partial charge in [-0.1, -0.05) is 13.8 Å². The van der Waals surface area contributed by atoms with E-state index in [-0.39, 0.29) is 16.9 Å². The molecule has 116 valence electrons. The fraction of sp³-hybridized carbons (Fsp3) is 0.533. The number of halogens is 3. The lowest BCUT2D eigenvalue weighted by atomic mass is 9.72. The van der Waals surface area contributed by atoms with Crippen molar-refractivity contribution in [3.63, 3.8) is 0 Å². The van der Waals surface area contributed by atoms with Crippen LogP contribution in [0, 0.1) is 0 Å². The van der Waals surface area contributed by atoms with Crippen molar-refractivity contribution in [1.29, 1.82) is 0 Å². The van der Waals surface area contributed by atoms with Crippen molar-refractivity contribution in [3.8, 4) is 5.75 Å². The van der Waals surface area contributed by atoms with Crippen molar-refractivity contribution in [3.05, 3.63) is 28.8 Å². The van der Waals surface area contributed by atoms with Gasteiger partial charge in [0.2, 0.25) is 0 Å². The molecule has 0 amide bonds. The summed E-state index contributed by atoms with van der Waals surface area (Å²) in [7, 11) is 0. The first-order chi connectivity index (χ1) is 9.33. The monoisotopic (exact) mass is 302 g/mol. The number of carboxylic acid groups (broad SMARTS) is 1. The third kappa shape index (κ3) is 2.84. The Hall–Kier alpha value is -1.72. The average molecular weight is 302 g/mol. The van der Waals surface area contributed by atoms with Crippen LogP contribution in [0.3, 0.4) is 0 Å². The Balaban J connectivity index is 2.79. The molecule has 0 bridgehead atoms. The molecule has 0 radical (unpaired) electrons. The Morgan fingerprint density at radius 1 is 1.24 bits per heavy atom. The Morgan fingerprint density at radius 3 is 2.29 bits per heavy atom. The van der Waals surface area contributed by atoms with Crippen molar-refractivity contribution in [2.45, 2.75) is 51.3 Å². The second-order valence-corrected chi connectivity index (χ2v) is 6.63. The van der Waals surface area contributed by atoms with Crippen molar-refractivity contribution in [1.82, 2.24) is 0 Å². The highest BCUT2D eigenvalue weighted by atomic mass is 19.4. The zero-order chi connectivity index (χ0) is 16.2. The van der Waals surface area contributed by atoms with Crippen LogP contribution in [0.25, 0.3) is 0 Å². The number of ether oxygens (including phenoxy) is 1. The van der Waals surface area contributed by atoms with Crippen molar-refractivity contribution >= 4 is 5.97 Å². The molecule has 0 spiro atoms. The van der Waals surface area contributed by atoms with Crippen LogP contribution in [0.1, 0.15) is 55.6 Å². The van der Waals surface area contributed by atoms with E-state index in [9.17, 15) is 18.0 Å². The minimum Gasteiger partial charge on any atom is -0.487 e.